The molecular weight excluding hydrogens is 162 g/mol. The molecule has 0 aliphatic carbocycles. The molecule has 74 valence electrons. The summed E-state index contributed by atoms with van der Waals surface area (Å²) in [6, 6.07) is 0. The molecule has 0 saturated carbocycles. The fourth-order valence-corrected chi connectivity index (χ4v) is 0.922. The smallest absolute Gasteiger partial charge is 0.123 e. The van der Waals surface area contributed by atoms with Crippen molar-refractivity contribution in [2.75, 3.05) is 11.9 Å². The zero-order valence-electron chi connectivity index (χ0n) is 8.89. The van der Waals surface area contributed by atoms with E-state index in [9.17, 15) is 0 Å². The van der Waals surface area contributed by atoms with E-state index in [0.717, 1.165) is 12.4 Å². The van der Waals surface area contributed by atoms with Crippen LogP contribution in [0, 0.1) is 11.3 Å². The van der Waals surface area contributed by atoms with Crippen molar-refractivity contribution < 1.29 is 0 Å². The third-order valence-electron chi connectivity index (χ3n) is 2.58. The van der Waals surface area contributed by atoms with E-state index in [4.69, 9.17) is 0 Å². The summed E-state index contributed by atoms with van der Waals surface area (Å²) in [6.07, 6.45) is 3.49. The van der Waals surface area contributed by atoms with Gasteiger partial charge in [-0.15, -0.1) is 0 Å². The van der Waals surface area contributed by atoms with Crippen molar-refractivity contribution in [1.29, 1.82) is 0 Å². The molecule has 0 spiro atoms. The van der Waals surface area contributed by atoms with Gasteiger partial charge in [0.15, 0.2) is 0 Å². The highest BCUT2D eigenvalue weighted by atomic mass is 15.0. The molecule has 0 aliphatic rings. The van der Waals surface area contributed by atoms with Gasteiger partial charge in [-0.25, -0.2) is 4.98 Å². The molecule has 1 rings (SSSR count). The summed E-state index contributed by atoms with van der Waals surface area (Å²) >= 11 is 0. The highest BCUT2D eigenvalue weighted by Gasteiger charge is 2.19. The van der Waals surface area contributed by atoms with Crippen LogP contribution in [0.4, 0.5) is 5.82 Å². The SMILES string of the molecule is CC(CNc1cnc[nH]1)C(C)(C)C. The summed E-state index contributed by atoms with van der Waals surface area (Å²) < 4.78 is 0. The van der Waals surface area contributed by atoms with Crippen molar-refractivity contribution >= 4 is 5.82 Å². The van der Waals surface area contributed by atoms with Gasteiger partial charge < -0.3 is 10.3 Å². The van der Waals surface area contributed by atoms with Gasteiger partial charge in [0, 0.05) is 6.54 Å². The third-order valence-corrected chi connectivity index (χ3v) is 2.58. The van der Waals surface area contributed by atoms with Gasteiger partial charge in [0.25, 0.3) is 0 Å². The molecule has 0 aliphatic heterocycles. The zero-order chi connectivity index (χ0) is 9.90. The van der Waals surface area contributed by atoms with Gasteiger partial charge in [-0.1, -0.05) is 27.7 Å². The molecule has 0 saturated heterocycles. The molecule has 1 aromatic rings. The Morgan fingerprint density at radius 1 is 1.54 bits per heavy atom. The molecule has 1 heterocycles. The lowest BCUT2D eigenvalue weighted by Crippen LogP contribution is -2.24. The maximum Gasteiger partial charge on any atom is 0.123 e. The second-order valence-corrected chi connectivity index (χ2v) is 4.61. The number of H-pyrrole nitrogens is 1. The summed E-state index contributed by atoms with van der Waals surface area (Å²) in [6.45, 7) is 10.00. The van der Waals surface area contributed by atoms with E-state index in [2.05, 4.69) is 43.0 Å². The monoisotopic (exact) mass is 181 g/mol. The lowest BCUT2D eigenvalue weighted by Gasteiger charge is -2.27. The number of nitrogens with one attached hydrogen (secondary N) is 2. The molecule has 0 fully saturated rings. The van der Waals surface area contributed by atoms with Gasteiger partial charge >= 0.3 is 0 Å². The van der Waals surface area contributed by atoms with Crippen LogP contribution in [0.25, 0.3) is 0 Å². The van der Waals surface area contributed by atoms with E-state index in [1.165, 1.54) is 0 Å². The average molecular weight is 181 g/mol. The number of nitrogens with zero attached hydrogens (tertiary/aromatic N) is 1. The lowest BCUT2D eigenvalue weighted by molar-refractivity contribution is 0.274. The van der Waals surface area contributed by atoms with Crippen LogP contribution < -0.4 is 5.32 Å². The molecular formula is C10H19N3. The Bertz CT molecular complexity index is 233. The van der Waals surface area contributed by atoms with Crippen LogP contribution >= 0.6 is 0 Å². The van der Waals surface area contributed by atoms with Gasteiger partial charge in [0.2, 0.25) is 0 Å². The van der Waals surface area contributed by atoms with E-state index in [1.54, 1.807) is 12.5 Å². The highest BCUT2D eigenvalue weighted by molar-refractivity contribution is 5.30. The predicted molar refractivity (Wildman–Crippen MR) is 55.7 cm³/mol. The normalized spacial score (nSPS) is 14.2. The maximum absolute atomic E-state index is 3.94. The van der Waals surface area contributed by atoms with Crippen LogP contribution in [-0.4, -0.2) is 16.5 Å². The minimum Gasteiger partial charge on any atom is -0.370 e. The first-order valence-corrected chi connectivity index (χ1v) is 4.72. The quantitative estimate of drug-likeness (QED) is 0.752. The number of aromatic nitrogens is 2. The zero-order valence-corrected chi connectivity index (χ0v) is 8.89. The number of rotatable bonds is 3. The van der Waals surface area contributed by atoms with E-state index in [0.29, 0.717) is 11.3 Å². The minimum atomic E-state index is 0.354. The van der Waals surface area contributed by atoms with Gasteiger partial charge in [-0.3, -0.25) is 0 Å². The summed E-state index contributed by atoms with van der Waals surface area (Å²) in [7, 11) is 0. The molecule has 3 heteroatoms. The Morgan fingerprint density at radius 3 is 2.69 bits per heavy atom. The van der Waals surface area contributed by atoms with Crippen molar-refractivity contribution in [3.8, 4) is 0 Å². The standard InChI is InChI=1S/C10H19N3/c1-8(10(2,3)4)5-12-9-6-11-7-13-9/h6-8,12H,5H2,1-4H3,(H,11,13). The maximum atomic E-state index is 3.94. The number of hydrogen-bond acceptors (Lipinski definition) is 2. The van der Waals surface area contributed by atoms with Gasteiger partial charge in [0.1, 0.15) is 5.82 Å². The van der Waals surface area contributed by atoms with E-state index in [-0.39, 0.29) is 0 Å². The van der Waals surface area contributed by atoms with Gasteiger partial charge in [-0.05, 0) is 11.3 Å². The summed E-state index contributed by atoms with van der Waals surface area (Å²) in [5.41, 5.74) is 0.354. The summed E-state index contributed by atoms with van der Waals surface area (Å²) in [4.78, 5) is 6.97. The van der Waals surface area contributed by atoms with E-state index < -0.39 is 0 Å². The van der Waals surface area contributed by atoms with Gasteiger partial charge in [-0.2, -0.15) is 0 Å². The van der Waals surface area contributed by atoms with Crippen LogP contribution in [0.1, 0.15) is 27.7 Å². The predicted octanol–water partition coefficient (Wildman–Crippen LogP) is 2.50. The van der Waals surface area contributed by atoms with Crippen molar-refractivity contribution in [3.05, 3.63) is 12.5 Å². The van der Waals surface area contributed by atoms with E-state index >= 15 is 0 Å². The number of anilines is 1. The Hall–Kier alpha value is -0.990. The highest BCUT2D eigenvalue weighted by Crippen LogP contribution is 2.25. The minimum absolute atomic E-state index is 0.354. The fraction of sp³-hybridized carbons (Fsp3) is 0.700. The summed E-state index contributed by atoms with van der Waals surface area (Å²) in [5, 5.41) is 3.31. The number of aromatic amines is 1. The Labute approximate surface area is 80.0 Å². The lowest BCUT2D eigenvalue weighted by atomic mass is 9.82. The number of imidazole rings is 1. The third kappa shape index (κ3) is 3.09. The fourth-order valence-electron chi connectivity index (χ4n) is 0.922. The van der Waals surface area contributed by atoms with Crippen LogP contribution in [0.15, 0.2) is 12.5 Å². The molecule has 0 aromatic carbocycles. The number of hydrogen-bond donors (Lipinski definition) is 2. The molecule has 0 amide bonds. The molecule has 2 N–H and O–H groups in total. The second kappa shape index (κ2) is 3.81. The van der Waals surface area contributed by atoms with Crippen LogP contribution in [0.5, 0.6) is 0 Å². The van der Waals surface area contributed by atoms with Crippen molar-refractivity contribution in [2.45, 2.75) is 27.7 Å². The molecule has 13 heavy (non-hydrogen) atoms. The van der Waals surface area contributed by atoms with E-state index in [1.807, 2.05) is 0 Å². The van der Waals surface area contributed by atoms with Crippen LogP contribution in [-0.2, 0) is 0 Å². The first-order valence-electron chi connectivity index (χ1n) is 4.72. The molecule has 3 nitrogen and oxygen atoms in total. The Balaban J connectivity index is 2.35. The second-order valence-electron chi connectivity index (χ2n) is 4.61. The van der Waals surface area contributed by atoms with Crippen molar-refractivity contribution in [2.24, 2.45) is 11.3 Å². The molecule has 1 aromatic heterocycles. The van der Waals surface area contributed by atoms with Crippen molar-refractivity contribution in [1.82, 2.24) is 9.97 Å². The van der Waals surface area contributed by atoms with Crippen LogP contribution in [0.2, 0.25) is 0 Å². The first-order chi connectivity index (χ1) is 6.00. The molecule has 1 atom stereocenters. The summed E-state index contributed by atoms with van der Waals surface area (Å²) in [5.74, 6) is 1.63. The largest absolute Gasteiger partial charge is 0.370 e. The van der Waals surface area contributed by atoms with Crippen LogP contribution in [0.3, 0.4) is 0 Å². The first kappa shape index (κ1) is 10.1. The van der Waals surface area contributed by atoms with Gasteiger partial charge in [0.05, 0.1) is 12.5 Å². The van der Waals surface area contributed by atoms with Crippen molar-refractivity contribution in [3.63, 3.8) is 0 Å². The molecule has 0 bridgehead atoms. The average Bonchev–Trinajstić information content (AvgIpc) is 2.50. The molecule has 1 unspecified atom stereocenters. The topological polar surface area (TPSA) is 40.7 Å². The Morgan fingerprint density at radius 2 is 2.23 bits per heavy atom. The molecule has 0 radical (unpaired) electrons. The Kier molecular flexibility index (Phi) is 2.96.